The van der Waals surface area contributed by atoms with Crippen LogP contribution < -0.4 is 0 Å². The third kappa shape index (κ3) is 1.93. The molecule has 1 aromatic heterocycles. The summed E-state index contributed by atoms with van der Waals surface area (Å²) in [7, 11) is 0. The minimum Gasteiger partial charge on any atom is -0.240 e. The van der Waals surface area contributed by atoms with Crippen molar-refractivity contribution in [2.45, 2.75) is 5.25 Å². The fourth-order valence-corrected chi connectivity index (χ4v) is 1.54. The Morgan fingerprint density at radius 1 is 0.929 bits per heavy atom. The molecular formula is C11H10N2S. The van der Waals surface area contributed by atoms with E-state index in [0.717, 1.165) is 11.4 Å². The van der Waals surface area contributed by atoms with Crippen LogP contribution in [0.3, 0.4) is 0 Å². The van der Waals surface area contributed by atoms with Crippen molar-refractivity contribution in [3.05, 3.63) is 60.2 Å². The topological polar surface area (TPSA) is 25.8 Å². The average molecular weight is 202 g/mol. The van der Waals surface area contributed by atoms with Crippen molar-refractivity contribution in [3.63, 3.8) is 0 Å². The summed E-state index contributed by atoms with van der Waals surface area (Å²) in [5.74, 6) is 0.738. The number of benzene rings is 1. The molecule has 0 bridgehead atoms. The minimum atomic E-state index is -0.0441. The number of hydrogen-bond donors (Lipinski definition) is 1. The van der Waals surface area contributed by atoms with Crippen molar-refractivity contribution in [2.24, 2.45) is 0 Å². The molecule has 0 aliphatic carbocycles. The molecule has 2 nitrogen and oxygen atoms in total. The van der Waals surface area contributed by atoms with Crippen LogP contribution in [0, 0.1) is 0 Å². The van der Waals surface area contributed by atoms with Crippen molar-refractivity contribution in [1.82, 2.24) is 9.97 Å². The van der Waals surface area contributed by atoms with Crippen molar-refractivity contribution in [3.8, 4) is 0 Å². The molecule has 2 rings (SSSR count). The molecule has 1 atom stereocenters. The molecule has 0 fully saturated rings. The molecule has 14 heavy (non-hydrogen) atoms. The molecule has 0 saturated carbocycles. The molecule has 0 amide bonds. The van der Waals surface area contributed by atoms with Crippen LogP contribution in [0.15, 0.2) is 48.8 Å². The lowest BCUT2D eigenvalue weighted by atomic mass is 10.1. The van der Waals surface area contributed by atoms with Gasteiger partial charge >= 0.3 is 0 Å². The molecule has 2 aromatic rings. The van der Waals surface area contributed by atoms with E-state index in [0.29, 0.717) is 0 Å². The van der Waals surface area contributed by atoms with Gasteiger partial charge in [0.25, 0.3) is 0 Å². The van der Waals surface area contributed by atoms with Gasteiger partial charge in [0, 0.05) is 12.4 Å². The third-order valence-electron chi connectivity index (χ3n) is 1.95. The quantitative estimate of drug-likeness (QED) is 0.757. The maximum Gasteiger partial charge on any atom is 0.145 e. The van der Waals surface area contributed by atoms with Gasteiger partial charge in [-0.2, -0.15) is 12.6 Å². The van der Waals surface area contributed by atoms with Crippen LogP contribution in [0.25, 0.3) is 0 Å². The average Bonchev–Trinajstić information content (AvgIpc) is 2.30. The van der Waals surface area contributed by atoms with Gasteiger partial charge < -0.3 is 0 Å². The van der Waals surface area contributed by atoms with Crippen molar-refractivity contribution >= 4 is 12.6 Å². The summed E-state index contributed by atoms with van der Waals surface area (Å²) in [5.41, 5.74) is 1.11. The monoisotopic (exact) mass is 202 g/mol. The van der Waals surface area contributed by atoms with Crippen LogP contribution in [-0.2, 0) is 0 Å². The van der Waals surface area contributed by atoms with Gasteiger partial charge in [0.1, 0.15) is 5.82 Å². The highest BCUT2D eigenvalue weighted by Crippen LogP contribution is 2.24. The summed E-state index contributed by atoms with van der Waals surface area (Å²) in [6.45, 7) is 0. The Labute approximate surface area is 88.4 Å². The Hall–Kier alpha value is -1.35. The summed E-state index contributed by atoms with van der Waals surface area (Å²) in [6.07, 6.45) is 3.46. The molecule has 0 N–H and O–H groups in total. The van der Waals surface area contributed by atoms with Crippen LogP contribution in [0.2, 0.25) is 0 Å². The molecule has 1 unspecified atom stereocenters. The third-order valence-corrected chi connectivity index (χ3v) is 2.47. The van der Waals surface area contributed by atoms with Gasteiger partial charge in [0.05, 0.1) is 5.25 Å². The highest BCUT2D eigenvalue weighted by Gasteiger charge is 2.10. The summed E-state index contributed by atoms with van der Waals surface area (Å²) in [5, 5.41) is -0.0441. The van der Waals surface area contributed by atoms with Crippen molar-refractivity contribution in [1.29, 1.82) is 0 Å². The molecular weight excluding hydrogens is 192 g/mol. The van der Waals surface area contributed by atoms with E-state index < -0.39 is 0 Å². The fourth-order valence-electron chi connectivity index (χ4n) is 1.24. The van der Waals surface area contributed by atoms with Gasteiger partial charge in [0.15, 0.2) is 0 Å². The molecule has 70 valence electrons. The van der Waals surface area contributed by atoms with E-state index in [1.807, 2.05) is 30.3 Å². The van der Waals surface area contributed by atoms with E-state index in [1.54, 1.807) is 18.5 Å². The lowest BCUT2D eigenvalue weighted by Gasteiger charge is -2.08. The molecule has 0 saturated heterocycles. The van der Waals surface area contributed by atoms with Crippen LogP contribution in [0.4, 0.5) is 0 Å². The molecule has 1 aromatic carbocycles. The Morgan fingerprint density at radius 3 is 2.21 bits per heavy atom. The number of nitrogens with zero attached hydrogens (tertiary/aromatic N) is 2. The van der Waals surface area contributed by atoms with Gasteiger partial charge in [-0.15, -0.1) is 0 Å². The SMILES string of the molecule is SC(c1ccccc1)c1ncccn1. The van der Waals surface area contributed by atoms with Crippen LogP contribution in [0.5, 0.6) is 0 Å². The predicted octanol–water partition coefficient (Wildman–Crippen LogP) is 2.50. The van der Waals surface area contributed by atoms with E-state index >= 15 is 0 Å². The summed E-state index contributed by atoms with van der Waals surface area (Å²) in [6, 6.07) is 11.8. The zero-order valence-corrected chi connectivity index (χ0v) is 8.43. The van der Waals surface area contributed by atoms with E-state index in [1.165, 1.54) is 0 Å². The standard InChI is InChI=1S/C11H10N2S/c14-10(9-5-2-1-3-6-9)11-12-7-4-8-13-11/h1-8,10,14H. The van der Waals surface area contributed by atoms with Gasteiger partial charge in [-0.05, 0) is 11.6 Å². The van der Waals surface area contributed by atoms with Crippen molar-refractivity contribution in [2.75, 3.05) is 0 Å². The minimum absolute atomic E-state index is 0.0441. The maximum atomic E-state index is 4.48. The van der Waals surface area contributed by atoms with Crippen molar-refractivity contribution < 1.29 is 0 Å². The van der Waals surface area contributed by atoms with Crippen LogP contribution in [0.1, 0.15) is 16.6 Å². The summed E-state index contributed by atoms with van der Waals surface area (Å²) < 4.78 is 0. The van der Waals surface area contributed by atoms with Gasteiger partial charge in [0.2, 0.25) is 0 Å². The number of rotatable bonds is 2. The second-order valence-corrected chi connectivity index (χ2v) is 3.44. The van der Waals surface area contributed by atoms with Gasteiger partial charge in [-0.1, -0.05) is 30.3 Å². The Balaban J connectivity index is 2.30. The van der Waals surface area contributed by atoms with E-state index in [2.05, 4.69) is 22.6 Å². The number of hydrogen-bond acceptors (Lipinski definition) is 3. The summed E-state index contributed by atoms with van der Waals surface area (Å²) >= 11 is 4.48. The highest BCUT2D eigenvalue weighted by atomic mass is 32.1. The van der Waals surface area contributed by atoms with Gasteiger partial charge in [-0.3, -0.25) is 0 Å². The van der Waals surface area contributed by atoms with Crippen LogP contribution >= 0.6 is 12.6 Å². The molecule has 1 heterocycles. The maximum absolute atomic E-state index is 4.48. The second-order valence-electron chi connectivity index (χ2n) is 2.92. The molecule has 0 radical (unpaired) electrons. The summed E-state index contributed by atoms with van der Waals surface area (Å²) in [4.78, 5) is 8.34. The predicted molar refractivity (Wildman–Crippen MR) is 59.3 cm³/mol. The molecule has 0 aliphatic rings. The highest BCUT2D eigenvalue weighted by molar-refractivity contribution is 7.80. The Kier molecular flexibility index (Phi) is 2.79. The smallest absolute Gasteiger partial charge is 0.145 e. The fraction of sp³-hybridized carbons (Fsp3) is 0.0909. The number of thiol groups is 1. The first kappa shape index (κ1) is 9.21. The lowest BCUT2D eigenvalue weighted by molar-refractivity contribution is 0.955. The van der Waals surface area contributed by atoms with E-state index in [-0.39, 0.29) is 5.25 Å². The lowest BCUT2D eigenvalue weighted by Crippen LogP contribution is -1.98. The molecule has 3 heteroatoms. The van der Waals surface area contributed by atoms with Gasteiger partial charge in [-0.25, -0.2) is 9.97 Å². The van der Waals surface area contributed by atoms with E-state index in [4.69, 9.17) is 0 Å². The van der Waals surface area contributed by atoms with Crippen LogP contribution in [-0.4, -0.2) is 9.97 Å². The zero-order chi connectivity index (χ0) is 9.80. The molecule has 0 aliphatic heterocycles. The molecule has 0 spiro atoms. The Bertz CT molecular complexity index is 349. The first-order chi connectivity index (χ1) is 6.88. The first-order valence-corrected chi connectivity index (χ1v) is 4.89. The normalized spacial score (nSPS) is 12.4. The largest absolute Gasteiger partial charge is 0.240 e. The first-order valence-electron chi connectivity index (χ1n) is 4.38. The zero-order valence-electron chi connectivity index (χ0n) is 7.54. The Morgan fingerprint density at radius 2 is 1.57 bits per heavy atom. The second kappa shape index (κ2) is 4.24. The number of aromatic nitrogens is 2. The van der Waals surface area contributed by atoms with E-state index in [9.17, 15) is 0 Å².